The van der Waals surface area contributed by atoms with E-state index in [1.165, 1.54) is 12.1 Å². The van der Waals surface area contributed by atoms with Crippen LogP contribution in [-0.2, 0) is 0 Å². The summed E-state index contributed by atoms with van der Waals surface area (Å²) < 4.78 is 5.63. The number of hydrogen-bond acceptors (Lipinski definition) is 5. The Bertz CT molecular complexity index is 1230. The summed E-state index contributed by atoms with van der Waals surface area (Å²) in [6, 6.07) is 18.5. The second-order valence-corrected chi connectivity index (χ2v) is 6.41. The minimum Gasteiger partial charge on any atom is -0.507 e. The van der Waals surface area contributed by atoms with Crippen LogP contribution in [0.3, 0.4) is 0 Å². The normalized spacial score (nSPS) is 10.7. The Balaban J connectivity index is 1.64. The summed E-state index contributed by atoms with van der Waals surface area (Å²) in [6.45, 7) is 1.83. The maximum atomic E-state index is 12.8. The van der Waals surface area contributed by atoms with Crippen LogP contribution in [0.4, 0.5) is 0 Å². The number of para-hydroxylation sites is 2. The van der Waals surface area contributed by atoms with Crippen LogP contribution in [0.5, 0.6) is 5.75 Å². The third kappa shape index (κ3) is 3.66. The summed E-state index contributed by atoms with van der Waals surface area (Å²) in [5.41, 5.74) is 6.23. The summed E-state index contributed by atoms with van der Waals surface area (Å²) in [6.07, 6.45) is 0. The van der Waals surface area contributed by atoms with Crippen molar-refractivity contribution in [2.24, 2.45) is 0 Å². The summed E-state index contributed by atoms with van der Waals surface area (Å²) in [5.74, 6) is -0.0471. The van der Waals surface area contributed by atoms with E-state index in [4.69, 9.17) is 4.42 Å². The fraction of sp³-hybridized carbons (Fsp3) is 0.0455. The van der Waals surface area contributed by atoms with Gasteiger partial charge in [-0.1, -0.05) is 30.3 Å². The van der Waals surface area contributed by atoms with Gasteiger partial charge in [-0.3, -0.25) is 20.4 Å². The molecule has 0 bridgehead atoms. The highest BCUT2D eigenvalue weighted by molar-refractivity contribution is 6.08. The molecule has 2 amide bonds. The molecule has 2 aromatic heterocycles. The van der Waals surface area contributed by atoms with E-state index in [0.717, 1.165) is 5.76 Å². The van der Waals surface area contributed by atoms with Crippen molar-refractivity contribution in [2.45, 2.75) is 6.92 Å². The number of aromatic hydroxyl groups is 1. The number of carbonyl (C=O) groups excluding carboxylic acids is 2. The number of fused-ring (bicyclic) bond motifs is 1. The number of nitrogens with one attached hydrogen (secondary N) is 2. The highest BCUT2D eigenvalue weighted by atomic mass is 16.3. The number of hydrogen-bond donors (Lipinski definition) is 3. The predicted molar refractivity (Wildman–Crippen MR) is 107 cm³/mol. The number of benzene rings is 2. The first-order valence-corrected chi connectivity index (χ1v) is 8.88. The molecule has 0 saturated carbocycles. The maximum Gasteiger partial charge on any atom is 0.273 e. The quantitative estimate of drug-likeness (QED) is 0.466. The molecule has 3 N–H and O–H groups in total. The van der Waals surface area contributed by atoms with Crippen LogP contribution in [0.15, 0.2) is 71.1 Å². The number of rotatable bonds is 3. The first kappa shape index (κ1) is 18.2. The molecule has 7 heteroatoms. The summed E-state index contributed by atoms with van der Waals surface area (Å²) >= 11 is 0. The van der Waals surface area contributed by atoms with Crippen LogP contribution < -0.4 is 10.9 Å². The Kier molecular flexibility index (Phi) is 4.70. The second kappa shape index (κ2) is 7.47. The Morgan fingerprint density at radius 1 is 0.897 bits per heavy atom. The molecule has 0 radical (unpaired) electrons. The van der Waals surface area contributed by atoms with Crippen molar-refractivity contribution >= 4 is 22.7 Å². The molecule has 144 valence electrons. The van der Waals surface area contributed by atoms with Crippen molar-refractivity contribution in [3.05, 3.63) is 83.6 Å². The average Bonchev–Trinajstić information content (AvgIpc) is 3.17. The molecule has 0 aliphatic carbocycles. The number of nitrogens with zero attached hydrogens (tertiary/aromatic N) is 1. The van der Waals surface area contributed by atoms with Crippen molar-refractivity contribution in [3.63, 3.8) is 0 Å². The van der Waals surface area contributed by atoms with E-state index in [0.29, 0.717) is 27.9 Å². The van der Waals surface area contributed by atoms with Gasteiger partial charge in [0.15, 0.2) is 5.76 Å². The number of pyridine rings is 1. The Morgan fingerprint density at radius 2 is 1.59 bits per heavy atom. The SMILES string of the molecule is Cc1ccc(-c2cc(C(=O)NNC(=O)c3ccccc3O)c3ccccc3n2)o1. The maximum absolute atomic E-state index is 12.8. The van der Waals surface area contributed by atoms with Crippen LogP contribution in [0.25, 0.3) is 22.4 Å². The molecule has 0 spiro atoms. The van der Waals surface area contributed by atoms with Crippen LogP contribution in [0.2, 0.25) is 0 Å². The van der Waals surface area contributed by atoms with E-state index in [1.54, 1.807) is 42.5 Å². The number of furan rings is 1. The highest BCUT2D eigenvalue weighted by Gasteiger charge is 2.17. The Hall–Kier alpha value is -4.13. The number of hydrazine groups is 1. The van der Waals surface area contributed by atoms with E-state index in [2.05, 4.69) is 15.8 Å². The fourth-order valence-electron chi connectivity index (χ4n) is 2.98. The lowest BCUT2D eigenvalue weighted by atomic mass is 10.1. The fourth-order valence-corrected chi connectivity index (χ4v) is 2.98. The monoisotopic (exact) mass is 387 g/mol. The molecule has 7 nitrogen and oxygen atoms in total. The second-order valence-electron chi connectivity index (χ2n) is 6.41. The van der Waals surface area contributed by atoms with Gasteiger partial charge in [0.2, 0.25) is 0 Å². The lowest BCUT2D eigenvalue weighted by Crippen LogP contribution is -2.41. The van der Waals surface area contributed by atoms with E-state index < -0.39 is 11.8 Å². The number of aromatic nitrogens is 1. The van der Waals surface area contributed by atoms with E-state index >= 15 is 0 Å². The molecule has 0 unspecified atom stereocenters. The van der Waals surface area contributed by atoms with Gasteiger partial charge < -0.3 is 9.52 Å². The minimum atomic E-state index is -0.628. The summed E-state index contributed by atoms with van der Waals surface area (Å²) in [4.78, 5) is 29.6. The third-order valence-corrected chi connectivity index (χ3v) is 4.39. The average molecular weight is 387 g/mol. The van der Waals surface area contributed by atoms with Crippen molar-refractivity contribution in [1.29, 1.82) is 0 Å². The van der Waals surface area contributed by atoms with Gasteiger partial charge in [0.25, 0.3) is 11.8 Å². The van der Waals surface area contributed by atoms with Crippen LogP contribution >= 0.6 is 0 Å². The molecule has 0 fully saturated rings. The molecular weight excluding hydrogens is 370 g/mol. The predicted octanol–water partition coefficient (Wildman–Crippen LogP) is 3.58. The molecule has 2 heterocycles. The van der Waals surface area contributed by atoms with Gasteiger partial charge >= 0.3 is 0 Å². The molecule has 0 aliphatic heterocycles. The Morgan fingerprint density at radius 3 is 2.31 bits per heavy atom. The van der Waals surface area contributed by atoms with Crippen LogP contribution in [-0.4, -0.2) is 21.9 Å². The van der Waals surface area contributed by atoms with E-state index in [9.17, 15) is 14.7 Å². The Labute approximate surface area is 166 Å². The molecule has 4 rings (SSSR count). The first-order valence-electron chi connectivity index (χ1n) is 8.88. The molecule has 0 aliphatic rings. The minimum absolute atomic E-state index is 0.0548. The van der Waals surface area contributed by atoms with Gasteiger partial charge in [-0.05, 0) is 43.3 Å². The molecule has 2 aromatic carbocycles. The first-order chi connectivity index (χ1) is 14.0. The molecule has 0 saturated heterocycles. The largest absolute Gasteiger partial charge is 0.507 e. The van der Waals surface area contributed by atoms with Gasteiger partial charge in [-0.2, -0.15) is 0 Å². The highest BCUT2D eigenvalue weighted by Crippen LogP contribution is 2.26. The van der Waals surface area contributed by atoms with Crippen LogP contribution in [0.1, 0.15) is 26.5 Å². The smallest absolute Gasteiger partial charge is 0.273 e. The zero-order valence-corrected chi connectivity index (χ0v) is 15.5. The van der Waals surface area contributed by atoms with E-state index in [1.807, 2.05) is 19.1 Å². The van der Waals surface area contributed by atoms with Gasteiger partial charge in [0.05, 0.1) is 16.6 Å². The molecule has 0 atom stereocenters. The summed E-state index contributed by atoms with van der Waals surface area (Å²) in [5, 5.41) is 10.4. The van der Waals surface area contributed by atoms with E-state index in [-0.39, 0.29) is 11.3 Å². The van der Waals surface area contributed by atoms with Gasteiger partial charge in [0.1, 0.15) is 17.2 Å². The van der Waals surface area contributed by atoms with Crippen molar-refractivity contribution in [1.82, 2.24) is 15.8 Å². The molecule has 29 heavy (non-hydrogen) atoms. The lowest BCUT2D eigenvalue weighted by molar-refractivity contribution is 0.0846. The topological polar surface area (TPSA) is 104 Å². The van der Waals surface area contributed by atoms with Crippen molar-refractivity contribution in [3.8, 4) is 17.2 Å². The van der Waals surface area contributed by atoms with Gasteiger partial charge in [-0.15, -0.1) is 0 Å². The van der Waals surface area contributed by atoms with Crippen molar-refractivity contribution < 1.29 is 19.1 Å². The standard InChI is InChI=1S/C22H17N3O4/c1-13-10-11-20(29-13)18-12-16(14-6-2-4-8-17(14)23-18)22(28)25-24-21(27)15-7-3-5-9-19(15)26/h2-12,26H,1H3,(H,24,27)(H,25,28). The van der Waals surface area contributed by atoms with Crippen LogP contribution in [0, 0.1) is 6.92 Å². The zero-order chi connectivity index (χ0) is 20.4. The lowest BCUT2D eigenvalue weighted by Gasteiger charge is -2.11. The zero-order valence-electron chi connectivity index (χ0n) is 15.5. The third-order valence-electron chi connectivity index (χ3n) is 4.39. The number of phenols is 1. The van der Waals surface area contributed by atoms with Crippen molar-refractivity contribution in [2.75, 3.05) is 0 Å². The number of carbonyl (C=O) groups is 2. The number of phenolic OH excluding ortho intramolecular Hbond substituents is 1. The number of aryl methyl sites for hydroxylation is 1. The molecule has 4 aromatic rings. The van der Waals surface area contributed by atoms with Gasteiger partial charge in [-0.25, -0.2) is 4.98 Å². The van der Waals surface area contributed by atoms with Gasteiger partial charge in [0, 0.05) is 5.39 Å². The molecular formula is C22H17N3O4. The number of amides is 2. The summed E-state index contributed by atoms with van der Waals surface area (Å²) in [7, 11) is 0.